The van der Waals surface area contributed by atoms with E-state index in [1.165, 1.54) is 6.08 Å². The third-order valence-corrected chi connectivity index (χ3v) is 1.99. The molecule has 0 saturated heterocycles. The van der Waals surface area contributed by atoms with Gasteiger partial charge in [0.25, 0.3) is 0 Å². The summed E-state index contributed by atoms with van der Waals surface area (Å²) in [6.45, 7) is 0.322. The maximum absolute atomic E-state index is 10.8. The highest BCUT2D eigenvalue weighted by molar-refractivity contribution is 5.79. The molecule has 0 unspecified atom stereocenters. The van der Waals surface area contributed by atoms with Crippen molar-refractivity contribution in [2.24, 2.45) is 0 Å². The maximum atomic E-state index is 10.8. The summed E-state index contributed by atoms with van der Waals surface area (Å²) in [4.78, 5) is 20.6. The Morgan fingerprint density at radius 1 is 1.50 bits per heavy atom. The van der Waals surface area contributed by atoms with Gasteiger partial charge in [-0.1, -0.05) is 0 Å². The number of ketones is 1. The molecule has 0 amide bonds. The number of carbonyl (C=O) groups excluding carboxylic acids is 2. The SMILES string of the molecule is O=C=CCOC1CCC(=O)CC1. The number of Topliss-reactive ketones (excluding diaryl/α,β-unsaturated/α-hetero) is 1. The van der Waals surface area contributed by atoms with Crippen molar-refractivity contribution in [1.82, 2.24) is 0 Å². The van der Waals surface area contributed by atoms with Crippen LogP contribution in [0.5, 0.6) is 0 Å². The predicted molar refractivity (Wildman–Crippen MR) is 43.5 cm³/mol. The monoisotopic (exact) mass is 168 g/mol. The highest BCUT2D eigenvalue weighted by atomic mass is 16.5. The van der Waals surface area contributed by atoms with Crippen LogP contribution in [-0.2, 0) is 14.3 Å². The van der Waals surface area contributed by atoms with Crippen LogP contribution in [0, 0.1) is 0 Å². The van der Waals surface area contributed by atoms with Gasteiger partial charge in [-0.05, 0) is 12.8 Å². The molecule has 0 N–H and O–H groups in total. The molecule has 1 rings (SSSR count). The topological polar surface area (TPSA) is 43.4 Å². The van der Waals surface area contributed by atoms with E-state index >= 15 is 0 Å². The third-order valence-electron chi connectivity index (χ3n) is 1.99. The fourth-order valence-corrected chi connectivity index (χ4v) is 1.30. The van der Waals surface area contributed by atoms with Gasteiger partial charge in [0.15, 0.2) is 0 Å². The second-order valence-corrected chi connectivity index (χ2v) is 2.89. The Bertz CT molecular complexity index is 194. The van der Waals surface area contributed by atoms with Gasteiger partial charge in [0.1, 0.15) is 11.7 Å². The standard InChI is InChI=1S/C9H12O3/c10-6-1-7-12-9-4-2-8(11)3-5-9/h1,9H,2-5,7H2. The Hall–Kier alpha value is -0.920. The highest BCUT2D eigenvalue weighted by Gasteiger charge is 2.18. The van der Waals surface area contributed by atoms with Gasteiger partial charge in [0.2, 0.25) is 0 Å². The lowest BCUT2D eigenvalue weighted by Gasteiger charge is -2.20. The van der Waals surface area contributed by atoms with Gasteiger partial charge < -0.3 is 4.74 Å². The third kappa shape index (κ3) is 2.99. The number of carbonyl (C=O) groups is 1. The van der Waals surface area contributed by atoms with Crippen LogP contribution < -0.4 is 0 Å². The average Bonchev–Trinajstić information content (AvgIpc) is 2.09. The molecule has 1 fully saturated rings. The first-order valence-corrected chi connectivity index (χ1v) is 4.15. The van der Waals surface area contributed by atoms with Crippen molar-refractivity contribution in [3.63, 3.8) is 0 Å². The molecule has 66 valence electrons. The van der Waals surface area contributed by atoms with E-state index in [0.29, 0.717) is 25.2 Å². The van der Waals surface area contributed by atoms with Gasteiger partial charge >= 0.3 is 0 Å². The van der Waals surface area contributed by atoms with E-state index in [4.69, 9.17) is 4.74 Å². The molecule has 3 nitrogen and oxygen atoms in total. The molecule has 0 aromatic heterocycles. The molecule has 0 aromatic rings. The molecule has 12 heavy (non-hydrogen) atoms. The molecule has 0 aromatic carbocycles. The van der Waals surface area contributed by atoms with Crippen molar-refractivity contribution in [3.05, 3.63) is 6.08 Å². The van der Waals surface area contributed by atoms with Crippen molar-refractivity contribution in [2.45, 2.75) is 31.8 Å². The van der Waals surface area contributed by atoms with Gasteiger partial charge in [0.05, 0.1) is 12.7 Å². The molecule has 0 spiro atoms. The summed E-state index contributed by atoms with van der Waals surface area (Å²) in [5.74, 6) is 1.97. The van der Waals surface area contributed by atoms with Crippen LogP contribution in [0.1, 0.15) is 25.7 Å². The summed E-state index contributed by atoms with van der Waals surface area (Å²) in [6.07, 6.45) is 4.31. The van der Waals surface area contributed by atoms with Crippen molar-refractivity contribution in [2.75, 3.05) is 6.61 Å². The summed E-state index contributed by atoms with van der Waals surface area (Å²) in [6, 6.07) is 0. The van der Waals surface area contributed by atoms with E-state index in [1.807, 2.05) is 0 Å². The molecule has 1 saturated carbocycles. The minimum Gasteiger partial charge on any atom is -0.373 e. The normalized spacial score (nSPS) is 18.8. The van der Waals surface area contributed by atoms with E-state index < -0.39 is 0 Å². The minimum atomic E-state index is 0.160. The summed E-state index contributed by atoms with van der Waals surface area (Å²) < 4.78 is 5.30. The van der Waals surface area contributed by atoms with Crippen molar-refractivity contribution >= 4 is 11.7 Å². The lowest BCUT2D eigenvalue weighted by molar-refractivity contribution is -0.122. The van der Waals surface area contributed by atoms with Gasteiger partial charge in [-0.3, -0.25) is 4.79 Å². The van der Waals surface area contributed by atoms with Crippen LogP contribution in [-0.4, -0.2) is 24.4 Å². The molecular weight excluding hydrogens is 156 g/mol. The Balaban J connectivity index is 2.17. The second-order valence-electron chi connectivity index (χ2n) is 2.89. The van der Waals surface area contributed by atoms with Gasteiger partial charge in [-0.2, -0.15) is 0 Å². The first kappa shape index (κ1) is 9.17. The molecule has 0 bridgehead atoms. The first-order chi connectivity index (χ1) is 5.83. The zero-order chi connectivity index (χ0) is 8.81. The van der Waals surface area contributed by atoms with Crippen LogP contribution in [0.3, 0.4) is 0 Å². The maximum Gasteiger partial charge on any atom is 0.133 e. The van der Waals surface area contributed by atoms with Crippen LogP contribution in [0.15, 0.2) is 6.08 Å². The largest absolute Gasteiger partial charge is 0.373 e. The summed E-state index contributed by atoms with van der Waals surface area (Å²) in [5.41, 5.74) is 0. The molecule has 0 heterocycles. The molecule has 0 aliphatic heterocycles. The quantitative estimate of drug-likeness (QED) is 0.588. The molecule has 1 aliphatic rings. The van der Waals surface area contributed by atoms with Crippen molar-refractivity contribution in [1.29, 1.82) is 0 Å². The molecule has 1 aliphatic carbocycles. The lowest BCUT2D eigenvalue weighted by atomic mass is 9.97. The van der Waals surface area contributed by atoms with Crippen LogP contribution in [0.25, 0.3) is 0 Å². The summed E-state index contributed by atoms with van der Waals surface area (Å²) in [5, 5.41) is 0. The van der Waals surface area contributed by atoms with E-state index in [9.17, 15) is 9.59 Å². The van der Waals surface area contributed by atoms with E-state index in [2.05, 4.69) is 0 Å². The Kier molecular flexibility index (Phi) is 3.71. The lowest BCUT2D eigenvalue weighted by Crippen LogP contribution is -2.21. The van der Waals surface area contributed by atoms with Gasteiger partial charge in [-0.25, -0.2) is 4.79 Å². The number of ether oxygens (including phenoxy) is 1. The number of hydrogen-bond donors (Lipinski definition) is 0. The predicted octanol–water partition coefficient (Wildman–Crippen LogP) is 0.902. The zero-order valence-electron chi connectivity index (χ0n) is 6.91. The zero-order valence-corrected chi connectivity index (χ0v) is 6.91. The summed E-state index contributed by atoms with van der Waals surface area (Å²) >= 11 is 0. The Morgan fingerprint density at radius 2 is 2.17 bits per heavy atom. The van der Waals surface area contributed by atoms with Crippen molar-refractivity contribution in [3.8, 4) is 0 Å². The van der Waals surface area contributed by atoms with Gasteiger partial charge in [0, 0.05) is 18.9 Å². The fourth-order valence-electron chi connectivity index (χ4n) is 1.30. The molecule has 0 radical (unpaired) electrons. The summed E-state index contributed by atoms with van der Waals surface area (Å²) in [7, 11) is 0. The number of hydrogen-bond acceptors (Lipinski definition) is 3. The molecular formula is C9H12O3. The van der Waals surface area contributed by atoms with Crippen molar-refractivity contribution < 1.29 is 14.3 Å². The van der Waals surface area contributed by atoms with Crippen LogP contribution >= 0.6 is 0 Å². The first-order valence-electron chi connectivity index (χ1n) is 4.15. The van der Waals surface area contributed by atoms with Crippen LogP contribution in [0.4, 0.5) is 0 Å². The average molecular weight is 168 g/mol. The second kappa shape index (κ2) is 4.86. The van der Waals surface area contributed by atoms with E-state index in [-0.39, 0.29) is 6.10 Å². The fraction of sp³-hybridized carbons (Fsp3) is 0.667. The Morgan fingerprint density at radius 3 is 2.75 bits per heavy atom. The number of rotatable bonds is 3. The highest BCUT2D eigenvalue weighted by Crippen LogP contribution is 2.17. The van der Waals surface area contributed by atoms with E-state index in [0.717, 1.165) is 12.8 Å². The van der Waals surface area contributed by atoms with E-state index in [1.54, 1.807) is 5.94 Å². The smallest absolute Gasteiger partial charge is 0.133 e. The van der Waals surface area contributed by atoms with Gasteiger partial charge in [-0.15, -0.1) is 0 Å². The molecule has 3 heteroatoms. The molecule has 0 atom stereocenters. The Labute approximate surface area is 71.4 Å². The minimum absolute atomic E-state index is 0.160. The van der Waals surface area contributed by atoms with Crippen LogP contribution in [0.2, 0.25) is 0 Å².